The Kier molecular flexibility index (Phi) is 6.51. The smallest absolute Gasteiger partial charge is 0.222 e. The van der Waals surface area contributed by atoms with Gasteiger partial charge in [0.25, 0.3) is 0 Å². The normalized spacial score (nSPS) is 11.8. The zero-order valence-corrected chi connectivity index (χ0v) is 17.1. The average Bonchev–Trinajstić information content (AvgIpc) is 2.72. The summed E-state index contributed by atoms with van der Waals surface area (Å²) in [7, 11) is 4.10. The molecule has 0 spiro atoms. The molecular formula is C22H26N6O. The van der Waals surface area contributed by atoms with Crippen LogP contribution in [-0.2, 0) is 6.54 Å². The van der Waals surface area contributed by atoms with Crippen molar-refractivity contribution in [1.29, 1.82) is 0 Å². The molecule has 2 heterocycles. The number of aromatic hydroxyl groups is 1. The molecule has 0 radical (unpaired) electrons. The van der Waals surface area contributed by atoms with Crippen molar-refractivity contribution in [2.45, 2.75) is 13.5 Å². The minimum absolute atomic E-state index is 0.0758. The van der Waals surface area contributed by atoms with E-state index in [0.29, 0.717) is 22.3 Å². The molecular weight excluding hydrogens is 364 g/mol. The Bertz CT molecular complexity index is 1020. The van der Waals surface area contributed by atoms with Crippen LogP contribution in [0.2, 0.25) is 0 Å². The second kappa shape index (κ2) is 9.25. The Labute approximate surface area is 171 Å². The van der Waals surface area contributed by atoms with Gasteiger partial charge in [0.1, 0.15) is 23.2 Å². The van der Waals surface area contributed by atoms with Crippen LogP contribution >= 0.6 is 0 Å². The van der Waals surface area contributed by atoms with Crippen molar-refractivity contribution in [1.82, 2.24) is 24.8 Å². The van der Waals surface area contributed by atoms with Crippen LogP contribution in [0, 0.1) is 6.92 Å². The molecule has 0 fully saturated rings. The van der Waals surface area contributed by atoms with Crippen molar-refractivity contribution in [3.63, 3.8) is 0 Å². The van der Waals surface area contributed by atoms with E-state index in [-0.39, 0.29) is 5.88 Å². The van der Waals surface area contributed by atoms with Gasteiger partial charge in [-0.25, -0.2) is 9.97 Å². The summed E-state index contributed by atoms with van der Waals surface area (Å²) in [5.41, 5.74) is 4.27. The van der Waals surface area contributed by atoms with Crippen LogP contribution in [0.5, 0.6) is 5.88 Å². The number of benzene rings is 1. The molecule has 7 nitrogen and oxygen atoms in total. The molecule has 0 atom stereocenters. The zero-order valence-electron chi connectivity index (χ0n) is 17.1. The van der Waals surface area contributed by atoms with E-state index in [1.54, 1.807) is 12.3 Å². The van der Waals surface area contributed by atoms with Crippen LogP contribution in [0.15, 0.2) is 54.0 Å². The quantitative estimate of drug-likeness (QED) is 0.596. The summed E-state index contributed by atoms with van der Waals surface area (Å²) in [6.45, 7) is 8.36. The standard InChI is InChI=1S/C22H26N6O/c1-16-5-7-17(8-6-16)13-27(3)11-12-28(4)14-19(23-2)21-20-18(9-10-24-21)22(29)26-15-25-20/h5-10,14-15H,2,11-13H2,1,3-4H3,(H,25,26,29)/b19-14-. The number of rotatable bonds is 8. The van der Waals surface area contributed by atoms with Gasteiger partial charge < -0.3 is 14.9 Å². The number of fused-ring (bicyclic) bond motifs is 1. The van der Waals surface area contributed by atoms with Crippen molar-refractivity contribution in [2.75, 3.05) is 27.2 Å². The molecule has 2 aromatic heterocycles. The third-order valence-corrected chi connectivity index (χ3v) is 4.70. The molecule has 0 aliphatic rings. The maximum absolute atomic E-state index is 9.95. The van der Waals surface area contributed by atoms with Gasteiger partial charge in [-0.3, -0.25) is 9.98 Å². The third kappa shape index (κ3) is 5.14. The van der Waals surface area contributed by atoms with E-state index in [2.05, 4.69) is 74.7 Å². The summed E-state index contributed by atoms with van der Waals surface area (Å²) in [5, 5.41) is 10.5. The Balaban J connectivity index is 1.69. The van der Waals surface area contributed by atoms with Gasteiger partial charge in [-0.1, -0.05) is 29.8 Å². The predicted molar refractivity (Wildman–Crippen MR) is 117 cm³/mol. The molecule has 29 heavy (non-hydrogen) atoms. The van der Waals surface area contributed by atoms with Gasteiger partial charge >= 0.3 is 0 Å². The van der Waals surface area contributed by atoms with E-state index in [1.807, 2.05) is 13.2 Å². The van der Waals surface area contributed by atoms with Crippen LogP contribution in [-0.4, -0.2) is 63.8 Å². The highest BCUT2D eigenvalue weighted by Gasteiger charge is 2.12. The number of pyridine rings is 1. The molecule has 0 aliphatic heterocycles. The van der Waals surface area contributed by atoms with Crippen LogP contribution in [0.1, 0.15) is 16.8 Å². The number of nitrogens with zero attached hydrogens (tertiary/aromatic N) is 6. The SMILES string of the molecule is C=N/C(=C\N(C)CCN(C)Cc1ccc(C)cc1)c1nccc2c(O)ncnc12. The van der Waals surface area contributed by atoms with Crippen molar-refractivity contribution in [3.8, 4) is 5.88 Å². The van der Waals surface area contributed by atoms with Gasteiger partial charge in [0.05, 0.1) is 5.39 Å². The van der Waals surface area contributed by atoms with Gasteiger partial charge in [0.2, 0.25) is 5.88 Å². The highest BCUT2D eigenvalue weighted by molar-refractivity contribution is 5.91. The Morgan fingerprint density at radius 3 is 2.59 bits per heavy atom. The largest absolute Gasteiger partial charge is 0.493 e. The zero-order chi connectivity index (χ0) is 20.8. The number of likely N-dealkylation sites (N-methyl/N-ethyl adjacent to an activating group) is 2. The topological polar surface area (TPSA) is 77.7 Å². The van der Waals surface area contributed by atoms with E-state index in [1.165, 1.54) is 17.5 Å². The summed E-state index contributed by atoms with van der Waals surface area (Å²) in [5.74, 6) is -0.0758. The fourth-order valence-corrected chi connectivity index (χ4v) is 3.03. The van der Waals surface area contributed by atoms with Crippen molar-refractivity contribution in [2.24, 2.45) is 4.99 Å². The lowest BCUT2D eigenvalue weighted by atomic mass is 10.1. The van der Waals surface area contributed by atoms with E-state index in [4.69, 9.17) is 0 Å². The molecule has 1 aromatic carbocycles. The van der Waals surface area contributed by atoms with Gasteiger partial charge in [-0.05, 0) is 32.3 Å². The molecule has 150 valence electrons. The molecule has 0 saturated carbocycles. The molecule has 1 N–H and O–H groups in total. The second-order valence-corrected chi connectivity index (χ2v) is 7.13. The Morgan fingerprint density at radius 2 is 1.86 bits per heavy atom. The first-order valence-corrected chi connectivity index (χ1v) is 9.40. The summed E-state index contributed by atoms with van der Waals surface area (Å²) < 4.78 is 0. The lowest BCUT2D eigenvalue weighted by Gasteiger charge is -2.21. The van der Waals surface area contributed by atoms with E-state index in [0.717, 1.165) is 19.6 Å². The van der Waals surface area contributed by atoms with Crippen LogP contribution in [0.25, 0.3) is 16.6 Å². The molecule has 0 unspecified atom stereocenters. The first-order chi connectivity index (χ1) is 14.0. The van der Waals surface area contributed by atoms with Crippen molar-refractivity contribution >= 4 is 23.3 Å². The van der Waals surface area contributed by atoms with Crippen molar-refractivity contribution in [3.05, 3.63) is 65.9 Å². The first-order valence-electron chi connectivity index (χ1n) is 9.40. The molecule has 0 bridgehead atoms. The van der Waals surface area contributed by atoms with Crippen LogP contribution < -0.4 is 0 Å². The third-order valence-electron chi connectivity index (χ3n) is 4.70. The number of hydrogen-bond acceptors (Lipinski definition) is 7. The Hall–Kier alpha value is -3.32. The molecule has 7 heteroatoms. The highest BCUT2D eigenvalue weighted by atomic mass is 16.3. The summed E-state index contributed by atoms with van der Waals surface area (Å²) in [6.07, 6.45) is 4.82. The van der Waals surface area contributed by atoms with Crippen LogP contribution in [0.4, 0.5) is 0 Å². The van der Waals surface area contributed by atoms with E-state index >= 15 is 0 Å². The fraction of sp³-hybridized carbons (Fsp3) is 0.273. The highest BCUT2D eigenvalue weighted by Crippen LogP contribution is 2.26. The first kappa shape index (κ1) is 20.4. The summed E-state index contributed by atoms with van der Waals surface area (Å²) >= 11 is 0. The molecule has 0 amide bonds. The molecule has 3 aromatic rings. The number of aromatic nitrogens is 3. The Morgan fingerprint density at radius 1 is 1.10 bits per heavy atom. The van der Waals surface area contributed by atoms with Crippen molar-refractivity contribution < 1.29 is 5.11 Å². The molecule has 0 aliphatic carbocycles. The van der Waals surface area contributed by atoms with Gasteiger partial charge in [0, 0.05) is 39.1 Å². The summed E-state index contributed by atoms with van der Waals surface area (Å²) in [4.78, 5) is 20.9. The lowest BCUT2D eigenvalue weighted by Crippen LogP contribution is -2.28. The minimum Gasteiger partial charge on any atom is -0.493 e. The van der Waals surface area contributed by atoms with Gasteiger partial charge in [-0.2, -0.15) is 0 Å². The maximum Gasteiger partial charge on any atom is 0.222 e. The lowest BCUT2D eigenvalue weighted by molar-refractivity contribution is 0.288. The predicted octanol–water partition coefficient (Wildman–Crippen LogP) is 3.10. The fourth-order valence-electron chi connectivity index (χ4n) is 3.03. The number of hydrogen-bond donors (Lipinski definition) is 1. The second-order valence-electron chi connectivity index (χ2n) is 7.13. The summed E-state index contributed by atoms with van der Waals surface area (Å²) in [6, 6.07) is 10.3. The van der Waals surface area contributed by atoms with Crippen LogP contribution in [0.3, 0.4) is 0 Å². The minimum atomic E-state index is -0.0758. The maximum atomic E-state index is 9.95. The van der Waals surface area contributed by atoms with Gasteiger partial charge in [0.15, 0.2) is 0 Å². The van der Waals surface area contributed by atoms with Gasteiger partial charge in [-0.15, -0.1) is 0 Å². The van der Waals surface area contributed by atoms with E-state index in [9.17, 15) is 5.11 Å². The average molecular weight is 390 g/mol. The monoisotopic (exact) mass is 390 g/mol. The van der Waals surface area contributed by atoms with E-state index < -0.39 is 0 Å². The molecule has 3 rings (SSSR count). The number of aryl methyl sites for hydroxylation is 1. The number of aliphatic imine (C=N–C) groups is 1. The molecule has 0 saturated heterocycles.